The maximum absolute atomic E-state index is 12.7. The summed E-state index contributed by atoms with van der Waals surface area (Å²) in [5.74, 6) is 0.178. The Hall–Kier alpha value is -3.09. The first-order valence-corrected chi connectivity index (χ1v) is 7.87. The Kier molecular flexibility index (Phi) is 4.31. The van der Waals surface area contributed by atoms with Gasteiger partial charge < -0.3 is 15.0 Å². The van der Waals surface area contributed by atoms with Gasteiger partial charge in [0.05, 0.1) is 17.0 Å². The predicted molar refractivity (Wildman–Crippen MR) is 94.5 cm³/mol. The first kappa shape index (κ1) is 16.8. The van der Waals surface area contributed by atoms with E-state index in [0.29, 0.717) is 17.0 Å². The van der Waals surface area contributed by atoms with Crippen molar-refractivity contribution in [2.24, 2.45) is 7.05 Å². The van der Waals surface area contributed by atoms with Gasteiger partial charge in [0.2, 0.25) is 0 Å². The fourth-order valence-corrected chi connectivity index (χ4v) is 2.56. The van der Waals surface area contributed by atoms with E-state index in [9.17, 15) is 9.59 Å². The van der Waals surface area contributed by atoms with E-state index in [0.717, 1.165) is 11.3 Å². The van der Waals surface area contributed by atoms with E-state index < -0.39 is 0 Å². The molecule has 2 amide bonds. The molecule has 0 unspecified atom stereocenters. The van der Waals surface area contributed by atoms with E-state index in [1.807, 2.05) is 24.3 Å². The Balaban J connectivity index is 1.90. The molecule has 25 heavy (non-hydrogen) atoms. The summed E-state index contributed by atoms with van der Waals surface area (Å²) >= 11 is 0. The number of hydrogen-bond acceptors (Lipinski definition) is 4. The van der Waals surface area contributed by atoms with Crippen LogP contribution in [-0.4, -0.2) is 47.2 Å². The number of rotatable bonds is 3. The molecule has 1 N–H and O–H groups in total. The van der Waals surface area contributed by atoms with E-state index >= 15 is 0 Å². The zero-order valence-corrected chi connectivity index (χ0v) is 14.7. The molecule has 0 saturated carbocycles. The molecule has 0 aliphatic carbocycles. The van der Waals surface area contributed by atoms with Gasteiger partial charge in [0.1, 0.15) is 12.4 Å². The lowest BCUT2D eigenvalue weighted by molar-refractivity contribution is -0.113. The average Bonchev–Trinajstić information content (AvgIpc) is 2.88. The molecule has 0 saturated heterocycles. The molecule has 0 bridgehead atoms. The van der Waals surface area contributed by atoms with E-state index in [4.69, 9.17) is 4.74 Å². The number of aryl methyl sites for hydroxylation is 1. The van der Waals surface area contributed by atoms with Gasteiger partial charge in [0.15, 0.2) is 5.69 Å². The average molecular weight is 340 g/mol. The molecule has 0 fully saturated rings. The van der Waals surface area contributed by atoms with Crippen LogP contribution in [0.2, 0.25) is 0 Å². The van der Waals surface area contributed by atoms with Crippen molar-refractivity contribution < 1.29 is 14.3 Å². The Labute approximate surface area is 145 Å². The second kappa shape index (κ2) is 6.43. The van der Waals surface area contributed by atoms with Crippen molar-refractivity contribution in [1.29, 1.82) is 0 Å². The highest BCUT2D eigenvalue weighted by molar-refractivity contribution is 6.10. The van der Waals surface area contributed by atoms with Crippen LogP contribution in [0.15, 0.2) is 29.8 Å². The molecule has 7 heteroatoms. The van der Waals surface area contributed by atoms with Crippen LogP contribution in [0.4, 0.5) is 5.69 Å². The van der Waals surface area contributed by atoms with Gasteiger partial charge in [0.25, 0.3) is 11.8 Å². The van der Waals surface area contributed by atoms with E-state index in [1.54, 1.807) is 38.8 Å². The minimum Gasteiger partial charge on any atom is -0.488 e. The summed E-state index contributed by atoms with van der Waals surface area (Å²) < 4.78 is 7.20. The Morgan fingerprint density at radius 2 is 2.00 bits per heavy atom. The highest BCUT2D eigenvalue weighted by Crippen LogP contribution is 2.27. The number of nitrogens with zero attached hydrogens (tertiary/aromatic N) is 3. The molecule has 7 nitrogen and oxygen atoms in total. The molecule has 3 rings (SSSR count). The third-order valence-corrected chi connectivity index (χ3v) is 4.10. The van der Waals surface area contributed by atoms with Crippen molar-refractivity contribution in [1.82, 2.24) is 14.7 Å². The maximum atomic E-state index is 12.7. The molecule has 0 radical (unpaired) electrons. The Bertz CT molecular complexity index is 880. The molecular formula is C18H20N4O3. The second-order valence-electron chi connectivity index (χ2n) is 6.08. The van der Waals surface area contributed by atoms with Gasteiger partial charge in [-0.3, -0.25) is 14.3 Å². The largest absolute Gasteiger partial charge is 0.488 e. The smallest absolute Gasteiger partial charge is 0.276 e. The molecule has 2 heterocycles. The summed E-state index contributed by atoms with van der Waals surface area (Å²) in [6, 6.07) is 7.52. The highest BCUT2D eigenvalue weighted by Gasteiger charge is 2.24. The number of carbonyl (C=O) groups is 2. The van der Waals surface area contributed by atoms with Gasteiger partial charge >= 0.3 is 0 Å². The van der Waals surface area contributed by atoms with Crippen LogP contribution in [0.5, 0.6) is 5.75 Å². The van der Waals surface area contributed by atoms with Gasteiger partial charge in [-0.25, -0.2) is 0 Å². The van der Waals surface area contributed by atoms with Crippen LogP contribution in [-0.2, 0) is 11.8 Å². The van der Waals surface area contributed by atoms with Gasteiger partial charge in [-0.2, -0.15) is 5.10 Å². The number of aromatic nitrogens is 2. The summed E-state index contributed by atoms with van der Waals surface area (Å²) in [7, 11) is 5.02. The van der Waals surface area contributed by atoms with E-state index in [1.165, 1.54) is 4.90 Å². The SMILES string of the molecule is Cc1c(NC(=O)C2=Cc3ccccc3OC2)c(C(=O)N(C)C)nn1C. The fraction of sp³-hybridized carbons (Fsp3) is 0.278. The van der Waals surface area contributed by atoms with Crippen LogP contribution in [0, 0.1) is 6.92 Å². The number of anilines is 1. The number of para-hydroxylation sites is 1. The molecule has 1 aliphatic heterocycles. The zero-order valence-electron chi connectivity index (χ0n) is 14.7. The van der Waals surface area contributed by atoms with Crippen LogP contribution < -0.4 is 10.1 Å². The quantitative estimate of drug-likeness (QED) is 0.925. The van der Waals surface area contributed by atoms with Crippen LogP contribution in [0.1, 0.15) is 21.7 Å². The number of amides is 2. The highest BCUT2D eigenvalue weighted by atomic mass is 16.5. The minimum absolute atomic E-state index is 0.180. The van der Waals surface area contributed by atoms with Crippen molar-refractivity contribution in [3.8, 4) is 5.75 Å². The number of ether oxygens (including phenoxy) is 1. The molecule has 2 aromatic rings. The monoisotopic (exact) mass is 340 g/mol. The van der Waals surface area contributed by atoms with Crippen LogP contribution in [0.3, 0.4) is 0 Å². The van der Waals surface area contributed by atoms with Crippen LogP contribution >= 0.6 is 0 Å². The minimum atomic E-state index is -0.307. The number of carbonyl (C=O) groups excluding carboxylic acids is 2. The van der Waals surface area contributed by atoms with Crippen molar-refractivity contribution in [3.05, 3.63) is 46.8 Å². The van der Waals surface area contributed by atoms with Crippen molar-refractivity contribution in [3.63, 3.8) is 0 Å². The second-order valence-corrected chi connectivity index (χ2v) is 6.08. The third kappa shape index (κ3) is 3.13. The van der Waals surface area contributed by atoms with E-state index in [-0.39, 0.29) is 24.1 Å². The normalized spacial score (nSPS) is 12.7. The molecule has 130 valence electrons. The van der Waals surface area contributed by atoms with Crippen molar-refractivity contribution in [2.45, 2.75) is 6.92 Å². The fourth-order valence-electron chi connectivity index (χ4n) is 2.56. The lowest BCUT2D eigenvalue weighted by Crippen LogP contribution is -2.26. The predicted octanol–water partition coefficient (Wildman–Crippen LogP) is 1.84. The maximum Gasteiger partial charge on any atom is 0.276 e. The standard InChI is InChI=1S/C18H20N4O3/c1-11-15(16(20-22(11)4)18(24)21(2)3)19-17(23)13-9-12-7-5-6-8-14(12)25-10-13/h5-9H,10H2,1-4H3,(H,19,23). The summed E-state index contributed by atoms with van der Waals surface area (Å²) in [5.41, 5.74) is 2.69. The van der Waals surface area contributed by atoms with Crippen molar-refractivity contribution >= 4 is 23.6 Å². The number of nitrogens with one attached hydrogen (secondary N) is 1. The summed E-state index contributed by atoms with van der Waals surface area (Å²) in [6.07, 6.45) is 1.80. The molecule has 1 aliphatic rings. The number of hydrogen-bond donors (Lipinski definition) is 1. The van der Waals surface area contributed by atoms with Gasteiger partial charge in [-0.05, 0) is 19.1 Å². The third-order valence-electron chi connectivity index (χ3n) is 4.10. The lowest BCUT2D eigenvalue weighted by Gasteiger charge is -2.18. The molecule has 0 spiro atoms. The number of fused-ring (bicyclic) bond motifs is 1. The Morgan fingerprint density at radius 3 is 2.72 bits per heavy atom. The van der Waals surface area contributed by atoms with Gasteiger partial charge in [-0.15, -0.1) is 0 Å². The molecular weight excluding hydrogens is 320 g/mol. The van der Waals surface area contributed by atoms with Gasteiger partial charge in [0, 0.05) is 26.7 Å². The Morgan fingerprint density at radius 1 is 1.28 bits per heavy atom. The zero-order chi connectivity index (χ0) is 18.1. The van der Waals surface area contributed by atoms with Gasteiger partial charge in [-0.1, -0.05) is 18.2 Å². The lowest BCUT2D eigenvalue weighted by atomic mass is 10.1. The van der Waals surface area contributed by atoms with E-state index in [2.05, 4.69) is 10.4 Å². The first-order chi connectivity index (χ1) is 11.9. The molecule has 1 aromatic carbocycles. The van der Waals surface area contributed by atoms with Crippen molar-refractivity contribution in [2.75, 3.05) is 26.0 Å². The molecule has 1 aromatic heterocycles. The summed E-state index contributed by atoms with van der Waals surface area (Å²) in [6.45, 7) is 1.98. The first-order valence-electron chi connectivity index (χ1n) is 7.87. The summed E-state index contributed by atoms with van der Waals surface area (Å²) in [4.78, 5) is 26.4. The topological polar surface area (TPSA) is 76.5 Å². The molecule has 0 atom stereocenters. The summed E-state index contributed by atoms with van der Waals surface area (Å²) in [5, 5.41) is 7.04. The number of benzene rings is 1. The van der Waals surface area contributed by atoms with Crippen LogP contribution in [0.25, 0.3) is 6.08 Å².